The lowest BCUT2D eigenvalue weighted by molar-refractivity contribution is 0.180. The standard InChI is InChI=1S/C20H25ClN6O2S/c1-25(2)30(28,29)26-8-5-20(6-9-26)4-3-7-27-18(20)11-17(24-27)14-10-15-16(21)13-23-19(15)22-12-14/h10-13H,3-9H2,1-2H3,(H,22,23). The van der Waals surface area contributed by atoms with E-state index in [1.165, 1.54) is 10.00 Å². The third-order valence-electron chi connectivity index (χ3n) is 6.59. The van der Waals surface area contributed by atoms with Gasteiger partial charge in [0, 0.05) is 68.2 Å². The van der Waals surface area contributed by atoms with E-state index in [1.54, 1.807) is 24.6 Å². The summed E-state index contributed by atoms with van der Waals surface area (Å²) in [6, 6.07) is 4.19. The zero-order valence-corrected chi connectivity index (χ0v) is 18.7. The summed E-state index contributed by atoms with van der Waals surface area (Å²) in [5.74, 6) is 0. The largest absolute Gasteiger partial charge is 0.345 e. The fourth-order valence-electron chi connectivity index (χ4n) is 4.84. The number of fused-ring (bicyclic) bond motifs is 3. The van der Waals surface area contributed by atoms with Gasteiger partial charge in [0.05, 0.1) is 10.7 Å². The number of pyridine rings is 1. The highest BCUT2D eigenvalue weighted by molar-refractivity contribution is 7.86. The first kappa shape index (κ1) is 20.0. The van der Waals surface area contributed by atoms with Crippen molar-refractivity contribution < 1.29 is 8.42 Å². The third-order valence-corrected chi connectivity index (χ3v) is 8.85. The molecule has 30 heavy (non-hydrogen) atoms. The Hall–Kier alpha value is -1.94. The molecular weight excluding hydrogens is 424 g/mol. The molecule has 1 spiro atoms. The minimum absolute atomic E-state index is 0.0227. The Kier molecular flexibility index (Phi) is 4.70. The van der Waals surface area contributed by atoms with Crippen LogP contribution < -0.4 is 0 Å². The number of rotatable bonds is 3. The highest BCUT2D eigenvalue weighted by atomic mass is 35.5. The Morgan fingerprint density at radius 3 is 2.67 bits per heavy atom. The molecule has 5 rings (SSSR count). The van der Waals surface area contributed by atoms with Gasteiger partial charge in [-0.15, -0.1) is 0 Å². The number of H-pyrrole nitrogens is 1. The van der Waals surface area contributed by atoms with Crippen molar-refractivity contribution in [3.8, 4) is 11.3 Å². The van der Waals surface area contributed by atoms with Crippen LogP contribution in [-0.2, 0) is 22.2 Å². The van der Waals surface area contributed by atoms with Gasteiger partial charge >= 0.3 is 0 Å². The first-order valence-electron chi connectivity index (χ1n) is 10.2. The molecule has 1 N–H and O–H groups in total. The Morgan fingerprint density at radius 2 is 1.93 bits per heavy atom. The van der Waals surface area contributed by atoms with Gasteiger partial charge in [0.1, 0.15) is 5.65 Å². The summed E-state index contributed by atoms with van der Waals surface area (Å²) in [5, 5.41) is 6.40. The summed E-state index contributed by atoms with van der Waals surface area (Å²) in [6.07, 6.45) is 7.30. The van der Waals surface area contributed by atoms with Gasteiger partial charge in [0.2, 0.25) is 0 Å². The predicted octanol–water partition coefficient (Wildman–Crippen LogP) is 3.01. The fraction of sp³-hybridized carbons (Fsp3) is 0.500. The number of hydrogen-bond donors (Lipinski definition) is 1. The molecular formula is C20H25ClN6O2S. The van der Waals surface area contributed by atoms with Gasteiger partial charge < -0.3 is 4.98 Å². The van der Waals surface area contributed by atoms with Crippen LogP contribution in [0.2, 0.25) is 5.02 Å². The van der Waals surface area contributed by atoms with E-state index in [9.17, 15) is 8.42 Å². The monoisotopic (exact) mass is 448 g/mol. The van der Waals surface area contributed by atoms with Gasteiger partial charge in [-0.05, 0) is 37.8 Å². The van der Waals surface area contributed by atoms with Gasteiger partial charge in [-0.3, -0.25) is 4.68 Å². The van der Waals surface area contributed by atoms with Crippen LogP contribution in [0.1, 0.15) is 31.4 Å². The van der Waals surface area contributed by atoms with Crippen molar-refractivity contribution in [2.24, 2.45) is 0 Å². The molecule has 0 amide bonds. The van der Waals surface area contributed by atoms with E-state index in [2.05, 4.69) is 20.7 Å². The smallest absolute Gasteiger partial charge is 0.281 e. The molecule has 0 unspecified atom stereocenters. The topological polar surface area (TPSA) is 87.1 Å². The van der Waals surface area contributed by atoms with Gasteiger partial charge in [0.15, 0.2) is 0 Å². The van der Waals surface area contributed by atoms with Crippen LogP contribution in [0.25, 0.3) is 22.3 Å². The first-order valence-corrected chi connectivity index (χ1v) is 12.0. The average molecular weight is 449 g/mol. The van der Waals surface area contributed by atoms with Crippen molar-refractivity contribution in [3.05, 3.63) is 35.2 Å². The molecule has 10 heteroatoms. The molecule has 0 bridgehead atoms. The number of nitrogens with zero attached hydrogens (tertiary/aromatic N) is 5. The second kappa shape index (κ2) is 7.05. The third kappa shape index (κ3) is 3.07. The number of nitrogens with one attached hydrogen (secondary N) is 1. The maximum atomic E-state index is 12.5. The molecule has 1 saturated heterocycles. The second-order valence-electron chi connectivity index (χ2n) is 8.47. The first-order chi connectivity index (χ1) is 14.3. The lowest BCUT2D eigenvalue weighted by Crippen LogP contribution is -2.50. The number of aromatic nitrogens is 4. The molecule has 0 saturated carbocycles. The van der Waals surface area contributed by atoms with E-state index in [4.69, 9.17) is 16.7 Å². The van der Waals surface area contributed by atoms with Crippen molar-refractivity contribution >= 4 is 32.8 Å². The number of piperidine rings is 1. The molecule has 2 aliphatic heterocycles. The Labute approximate surface area is 181 Å². The highest BCUT2D eigenvalue weighted by Crippen LogP contribution is 2.44. The molecule has 3 aromatic heterocycles. The van der Waals surface area contributed by atoms with Crippen molar-refractivity contribution in [2.75, 3.05) is 27.2 Å². The minimum Gasteiger partial charge on any atom is -0.345 e. The van der Waals surface area contributed by atoms with Crippen LogP contribution in [0.15, 0.2) is 24.5 Å². The lowest BCUT2D eigenvalue weighted by Gasteiger charge is -2.44. The Balaban J connectivity index is 1.47. The summed E-state index contributed by atoms with van der Waals surface area (Å²) < 4.78 is 30.0. The number of hydrogen-bond acceptors (Lipinski definition) is 4. The molecule has 0 aliphatic carbocycles. The van der Waals surface area contributed by atoms with E-state index in [1.807, 2.05) is 12.3 Å². The Morgan fingerprint density at radius 1 is 1.17 bits per heavy atom. The average Bonchev–Trinajstić information content (AvgIpc) is 3.33. The molecule has 1 fully saturated rings. The minimum atomic E-state index is -3.37. The van der Waals surface area contributed by atoms with Crippen LogP contribution in [0.4, 0.5) is 0 Å². The van der Waals surface area contributed by atoms with Crippen LogP contribution in [0.5, 0.6) is 0 Å². The molecule has 8 nitrogen and oxygen atoms in total. The molecule has 0 aromatic carbocycles. The Bertz CT molecular complexity index is 1210. The van der Waals surface area contributed by atoms with Gasteiger partial charge in [-0.2, -0.15) is 22.1 Å². The second-order valence-corrected chi connectivity index (χ2v) is 11.0. The van der Waals surface area contributed by atoms with E-state index < -0.39 is 10.2 Å². The quantitative estimate of drug-likeness (QED) is 0.667. The van der Waals surface area contributed by atoms with E-state index in [0.29, 0.717) is 18.1 Å². The van der Waals surface area contributed by atoms with Crippen LogP contribution in [0, 0.1) is 0 Å². The van der Waals surface area contributed by atoms with Gasteiger partial charge in [-0.1, -0.05) is 11.6 Å². The summed E-state index contributed by atoms with van der Waals surface area (Å²) in [7, 11) is -0.196. The van der Waals surface area contributed by atoms with Crippen molar-refractivity contribution in [1.29, 1.82) is 0 Å². The number of aromatic amines is 1. The van der Waals surface area contributed by atoms with Crippen molar-refractivity contribution in [1.82, 2.24) is 28.4 Å². The normalized spacial score (nSPS) is 19.6. The molecule has 2 aliphatic rings. The van der Waals surface area contributed by atoms with Crippen LogP contribution in [0.3, 0.4) is 0 Å². The molecule has 3 aromatic rings. The zero-order valence-electron chi connectivity index (χ0n) is 17.1. The van der Waals surface area contributed by atoms with E-state index in [0.717, 1.165) is 54.5 Å². The van der Waals surface area contributed by atoms with Crippen molar-refractivity contribution in [2.45, 2.75) is 37.6 Å². The SMILES string of the molecule is CN(C)S(=O)(=O)N1CCC2(CCCn3nc(-c4cnc5[nH]cc(Cl)c5c4)cc32)CC1. The van der Waals surface area contributed by atoms with Crippen molar-refractivity contribution in [3.63, 3.8) is 0 Å². The number of aryl methyl sites for hydroxylation is 1. The van der Waals surface area contributed by atoms with Gasteiger partial charge in [0.25, 0.3) is 10.2 Å². The highest BCUT2D eigenvalue weighted by Gasteiger charge is 2.43. The predicted molar refractivity (Wildman–Crippen MR) is 117 cm³/mol. The summed E-state index contributed by atoms with van der Waals surface area (Å²) in [6.45, 7) is 1.96. The molecule has 160 valence electrons. The van der Waals surface area contributed by atoms with Crippen LogP contribution in [-0.4, -0.2) is 64.0 Å². The molecule has 5 heterocycles. The molecule has 0 radical (unpaired) electrons. The lowest BCUT2D eigenvalue weighted by atomic mass is 9.71. The van der Waals surface area contributed by atoms with Crippen LogP contribution >= 0.6 is 11.6 Å². The maximum Gasteiger partial charge on any atom is 0.281 e. The van der Waals surface area contributed by atoms with Gasteiger partial charge in [-0.25, -0.2) is 4.98 Å². The zero-order chi connectivity index (χ0) is 21.1. The summed E-state index contributed by atoms with van der Waals surface area (Å²) >= 11 is 6.27. The fourth-order valence-corrected chi connectivity index (χ4v) is 6.15. The van der Waals surface area contributed by atoms with E-state index in [-0.39, 0.29) is 5.41 Å². The molecule has 0 atom stereocenters. The summed E-state index contributed by atoms with van der Waals surface area (Å²) in [4.78, 5) is 7.54. The maximum absolute atomic E-state index is 12.5. The number of halogens is 1. The van der Waals surface area contributed by atoms with E-state index >= 15 is 0 Å². The summed E-state index contributed by atoms with van der Waals surface area (Å²) in [5.41, 5.74) is 3.78.